The smallest absolute Gasteiger partial charge is 0.276 e. The average Bonchev–Trinajstić information content (AvgIpc) is 3.18. The van der Waals surface area contributed by atoms with Gasteiger partial charge in [0.05, 0.1) is 5.69 Å². The molecule has 1 N–H and O–H groups in total. The van der Waals surface area contributed by atoms with Crippen molar-refractivity contribution in [3.8, 4) is 17.3 Å². The second-order valence-electron chi connectivity index (χ2n) is 8.60. The molecule has 0 radical (unpaired) electrons. The predicted molar refractivity (Wildman–Crippen MR) is 125 cm³/mol. The molecule has 0 spiro atoms. The Balaban J connectivity index is 1.80. The summed E-state index contributed by atoms with van der Waals surface area (Å²) in [7, 11) is 2.19. The molecule has 2 heterocycles. The molecule has 0 aliphatic rings. The average molecular weight is 420 g/mol. The van der Waals surface area contributed by atoms with Gasteiger partial charge in [0.15, 0.2) is 5.65 Å². The van der Waals surface area contributed by atoms with Crippen molar-refractivity contribution in [1.29, 1.82) is 5.26 Å². The number of likely N-dealkylation sites (N-methyl/N-ethyl adjacent to an activating group) is 1. The first kappa shape index (κ1) is 22.8. The summed E-state index contributed by atoms with van der Waals surface area (Å²) < 4.78 is 1.36. The number of hydrogen-bond acceptors (Lipinski definition) is 4. The van der Waals surface area contributed by atoms with E-state index in [1.807, 2.05) is 26.0 Å². The summed E-state index contributed by atoms with van der Waals surface area (Å²) in [4.78, 5) is 20.1. The van der Waals surface area contributed by atoms with Crippen LogP contribution in [0.2, 0.25) is 0 Å². The van der Waals surface area contributed by atoms with Gasteiger partial charge in [-0.3, -0.25) is 9.89 Å². The largest absolute Gasteiger partial charge is 0.306 e. The lowest BCUT2D eigenvalue weighted by Gasteiger charge is -2.16. The molecule has 3 rings (SSSR count). The van der Waals surface area contributed by atoms with Crippen LogP contribution >= 0.6 is 0 Å². The van der Waals surface area contributed by atoms with Crippen LogP contribution in [0.25, 0.3) is 16.9 Å². The number of aromatic amines is 1. The quantitative estimate of drug-likeness (QED) is 0.482. The molecular weight excluding hydrogens is 386 g/mol. The summed E-state index contributed by atoms with van der Waals surface area (Å²) in [5.41, 5.74) is 4.09. The van der Waals surface area contributed by atoms with E-state index in [0.29, 0.717) is 22.5 Å². The maximum absolute atomic E-state index is 13.0. The Kier molecular flexibility index (Phi) is 7.64. The van der Waals surface area contributed by atoms with Crippen molar-refractivity contribution in [2.45, 2.75) is 58.8 Å². The van der Waals surface area contributed by atoms with Gasteiger partial charge < -0.3 is 4.90 Å². The molecule has 164 valence electrons. The van der Waals surface area contributed by atoms with Gasteiger partial charge in [-0.2, -0.15) is 5.26 Å². The zero-order chi connectivity index (χ0) is 22.4. The van der Waals surface area contributed by atoms with Gasteiger partial charge in [-0.25, -0.2) is 9.50 Å². The van der Waals surface area contributed by atoms with E-state index in [1.165, 1.54) is 42.0 Å². The molecule has 0 fully saturated rings. The van der Waals surface area contributed by atoms with Crippen LogP contribution in [-0.2, 0) is 6.42 Å². The van der Waals surface area contributed by atoms with E-state index in [2.05, 4.69) is 42.2 Å². The van der Waals surface area contributed by atoms with Gasteiger partial charge in [0.25, 0.3) is 5.56 Å². The van der Waals surface area contributed by atoms with Crippen molar-refractivity contribution >= 4 is 5.65 Å². The van der Waals surface area contributed by atoms with Crippen LogP contribution in [0.4, 0.5) is 0 Å². The third-order valence-corrected chi connectivity index (χ3v) is 5.80. The summed E-state index contributed by atoms with van der Waals surface area (Å²) in [5.74, 6) is 0.0155. The van der Waals surface area contributed by atoms with Gasteiger partial charge in [0.1, 0.15) is 11.6 Å². The van der Waals surface area contributed by atoms with E-state index >= 15 is 0 Å². The van der Waals surface area contributed by atoms with Crippen LogP contribution < -0.4 is 5.56 Å². The molecule has 0 amide bonds. The predicted octanol–water partition coefficient (Wildman–Crippen LogP) is 4.74. The van der Waals surface area contributed by atoms with Crippen LogP contribution in [0, 0.1) is 11.3 Å². The molecule has 0 saturated carbocycles. The molecule has 0 bridgehead atoms. The Morgan fingerprint density at radius 3 is 2.55 bits per heavy atom. The van der Waals surface area contributed by atoms with Crippen LogP contribution in [0.3, 0.4) is 0 Å². The maximum Gasteiger partial charge on any atom is 0.276 e. The molecule has 0 atom stereocenters. The maximum atomic E-state index is 13.0. The molecule has 31 heavy (non-hydrogen) atoms. The number of nitriles is 1. The second kappa shape index (κ2) is 10.4. The number of fused-ring (bicyclic) bond motifs is 1. The number of rotatable bonds is 10. The van der Waals surface area contributed by atoms with Gasteiger partial charge in [-0.15, -0.1) is 0 Å². The van der Waals surface area contributed by atoms with Gasteiger partial charge in [-0.05, 0) is 37.9 Å². The monoisotopic (exact) mass is 419 g/mol. The number of unbranched alkanes of at least 4 members (excludes halogenated alkanes) is 3. The highest BCUT2D eigenvalue weighted by molar-refractivity contribution is 5.68. The molecule has 2 aromatic heterocycles. The molecule has 0 aliphatic heterocycles. The molecule has 3 aromatic rings. The Hall–Kier alpha value is -2.91. The first-order valence-electron chi connectivity index (χ1n) is 11.3. The number of nitrogens with one attached hydrogen (secondary N) is 1. The molecule has 6 nitrogen and oxygen atoms in total. The van der Waals surface area contributed by atoms with Crippen LogP contribution in [0.5, 0.6) is 0 Å². The lowest BCUT2D eigenvalue weighted by Crippen LogP contribution is -2.23. The summed E-state index contributed by atoms with van der Waals surface area (Å²) >= 11 is 0. The lowest BCUT2D eigenvalue weighted by atomic mass is 9.97. The van der Waals surface area contributed by atoms with Crippen molar-refractivity contribution < 1.29 is 0 Å². The minimum absolute atomic E-state index is 0.0155. The normalized spacial score (nSPS) is 11.5. The second-order valence-corrected chi connectivity index (χ2v) is 8.60. The summed E-state index contributed by atoms with van der Waals surface area (Å²) in [6, 6.07) is 10.4. The van der Waals surface area contributed by atoms with Gasteiger partial charge in [0.2, 0.25) is 0 Å². The highest BCUT2D eigenvalue weighted by Gasteiger charge is 2.19. The van der Waals surface area contributed by atoms with Crippen LogP contribution in [-0.4, -0.2) is 39.6 Å². The minimum atomic E-state index is -0.148. The van der Waals surface area contributed by atoms with Crippen molar-refractivity contribution in [2.24, 2.45) is 0 Å². The molecule has 6 heteroatoms. The van der Waals surface area contributed by atoms with Gasteiger partial charge >= 0.3 is 0 Å². The van der Waals surface area contributed by atoms with E-state index in [4.69, 9.17) is 4.98 Å². The molecular formula is C25H33N5O. The third-order valence-electron chi connectivity index (χ3n) is 5.80. The lowest BCUT2D eigenvalue weighted by molar-refractivity contribution is 0.328. The van der Waals surface area contributed by atoms with E-state index in [9.17, 15) is 10.1 Å². The third kappa shape index (κ3) is 5.23. The van der Waals surface area contributed by atoms with Gasteiger partial charge in [0, 0.05) is 23.9 Å². The molecule has 0 aliphatic carbocycles. The number of hydrogen-bond donors (Lipinski definition) is 1. The van der Waals surface area contributed by atoms with Crippen molar-refractivity contribution in [3.05, 3.63) is 57.5 Å². The van der Waals surface area contributed by atoms with Crippen molar-refractivity contribution in [3.63, 3.8) is 0 Å². The van der Waals surface area contributed by atoms with Crippen LogP contribution in [0.15, 0.2) is 35.3 Å². The number of nitrogens with zero attached hydrogens (tertiary/aromatic N) is 4. The topological polar surface area (TPSA) is 77.2 Å². The van der Waals surface area contributed by atoms with Gasteiger partial charge in [-0.1, -0.05) is 64.3 Å². The Labute approximate surface area is 184 Å². The zero-order valence-electron chi connectivity index (χ0n) is 19.1. The molecule has 0 unspecified atom stereocenters. The van der Waals surface area contributed by atoms with E-state index < -0.39 is 0 Å². The SMILES string of the molecule is CCCCCCN(C)CCc1ccc(-c2nc3c(C#N)c[nH]n3c(=O)c2C(C)C)cc1. The van der Waals surface area contributed by atoms with E-state index in [0.717, 1.165) is 25.1 Å². The van der Waals surface area contributed by atoms with Crippen LogP contribution in [0.1, 0.15) is 69.1 Å². The Bertz CT molecular complexity index is 1100. The highest BCUT2D eigenvalue weighted by atomic mass is 16.1. The van der Waals surface area contributed by atoms with E-state index in [1.54, 1.807) is 0 Å². The number of H-pyrrole nitrogens is 1. The number of benzene rings is 1. The zero-order valence-corrected chi connectivity index (χ0v) is 19.1. The Morgan fingerprint density at radius 2 is 1.90 bits per heavy atom. The fraction of sp³-hybridized carbons (Fsp3) is 0.480. The van der Waals surface area contributed by atoms with E-state index in [-0.39, 0.29) is 11.5 Å². The van der Waals surface area contributed by atoms with Crippen molar-refractivity contribution in [2.75, 3.05) is 20.1 Å². The molecule has 0 saturated heterocycles. The fourth-order valence-corrected chi connectivity index (χ4v) is 3.92. The highest BCUT2D eigenvalue weighted by Crippen LogP contribution is 2.26. The van der Waals surface area contributed by atoms with Crippen molar-refractivity contribution in [1.82, 2.24) is 19.5 Å². The number of aromatic nitrogens is 3. The fourth-order valence-electron chi connectivity index (χ4n) is 3.92. The summed E-state index contributed by atoms with van der Waals surface area (Å²) in [5, 5.41) is 12.2. The summed E-state index contributed by atoms with van der Waals surface area (Å²) in [6.45, 7) is 8.40. The molecule has 1 aromatic carbocycles. The standard InChI is InChI=1S/C25H33N5O/c1-5-6-7-8-14-29(4)15-13-19-9-11-20(12-10-19)23-22(18(2)3)25(31)30-24(28-23)21(16-26)17-27-30/h9-12,17-18,27H,5-8,13-15H2,1-4H3. The minimum Gasteiger partial charge on any atom is -0.306 e. The first-order valence-corrected chi connectivity index (χ1v) is 11.3. The first-order chi connectivity index (χ1) is 15.0. The summed E-state index contributed by atoms with van der Waals surface area (Å²) in [6.07, 6.45) is 7.67. The Morgan fingerprint density at radius 1 is 1.16 bits per heavy atom.